The summed E-state index contributed by atoms with van der Waals surface area (Å²) in [4.78, 5) is 23.4. The van der Waals surface area contributed by atoms with E-state index >= 15 is 0 Å². The first-order chi connectivity index (χ1) is 8.78. The van der Waals surface area contributed by atoms with Crippen molar-refractivity contribution >= 4 is 29.6 Å². The molecule has 1 aliphatic rings. The first kappa shape index (κ1) is 13.5. The van der Waals surface area contributed by atoms with Crippen molar-refractivity contribution < 1.29 is 23.5 Å². The minimum Gasteiger partial charge on any atom is -0.419 e. The fraction of sp³-hybridized carbons (Fsp3) is 0.231. The number of hydrogen-bond acceptors (Lipinski definition) is 4. The molecule has 0 atom stereocenters. The quantitative estimate of drug-likeness (QED) is 0.452. The van der Waals surface area contributed by atoms with E-state index in [0.717, 1.165) is 12.1 Å². The molecule has 1 fully saturated rings. The molecule has 19 heavy (non-hydrogen) atoms. The maximum Gasteiger partial charge on any atom is 0.348 e. The molecule has 0 saturated carbocycles. The summed E-state index contributed by atoms with van der Waals surface area (Å²) in [5.74, 6) is -3.51. The van der Waals surface area contributed by atoms with Gasteiger partial charge in [0.2, 0.25) is 0 Å². The SMILES string of the molecule is CC1(C)OC(=O)C(=Cc2cc(F)ccc2Cl)C(=O)O1. The van der Waals surface area contributed by atoms with Crippen molar-refractivity contribution in [3.8, 4) is 0 Å². The Morgan fingerprint density at radius 1 is 1.21 bits per heavy atom. The van der Waals surface area contributed by atoms with Gasteiger partial charge in [-0.05, 0) is 29.8 Å². The molecule has 6 heteroatoms. The Morgan fingerprint density at radius 2 is 1.79 bits per heavy atom. The van der Waals surface area contributed by atoms with Gasteiger partial charge in [0, 0.05) is 18.9 Å². The number of esters is 2. The van der Waals surface area contributed by atoms with Gasteiger partial charge in [-0.15, -0.1) is 0 Å². The van der Waals surface area contributed by atoms with Crippen LogP contribution in [0.1, 0.15) is 19.4 Å². The van der Waals surface area contributed by atoms with E-state index in [2.05, 4.69) is 0 Å². The number of hydrogen-bond donors (Lipinski definition) is 0. The second-order valence-corrected chi connectivity index (χ2v) is 4.81. The highest BCUT2D eigenvalue weighted by atomic mass is 35.5. The lowest BCUT2D eigenvalue weighted by atomic mass is 10.1. The van der Waals surface area contributed by atoms with Gasteiger partial charge in [-0.3, -0.25) is 0 Å². The number of cyclic esters (lactones) is 2. The van der Waals surface area contributed by atoms with Crippen molar-refractivity contribution in [1.82, 2.24) is 0 Å². The third kappa shape index (κ3) is 2.93. The minimum atomic E-state index is -1.31. The monoisotopic (exact) mass is 284 g/mol. The van der Waals surface area contributed by atoms with Gasteiger partial charge in [0.1, 0.15) is 11.4 Å². The maximum absolute atomic E-state index is 13.1. The summed E-state index contributed by atoms with van der Waals surface area (Å²) in [6.07, 6.45) is 1.14. The van der Waals surface area contributed by atoms with Gasteiger partial charge in [0.05, 0.1) is 0 Å². The van der Waals surface area contributed by atoms with Crippen LogP contribution in [0, 0.1) is 5.82 Å². The molecule has 0 unspecified atom stereocenters. The first-order valence-corrected chi connectivity index (χ1v) is 5.80. The molecule has 1 aromatic rings. The van der Waals surface area contributed by atoms with E-state index in [1.807, 2.05) is 0 Å². The average molecular weight is 285 g/mol. The van der Waals surface area contributed by atoms with Crippen LogP contribution in [0.2, 0.25) is 5.02 Å². The molecule has 0 aromatic heterocycles. The molecule has 0 radical (unpaired) electrons. The predicted molar refractivity (Wildman–Crippen MR) is 65.7 cm³/mol. The van der Waals surface area contributed by atoms with Crippen molar-refractivity contribution in [3.05, 3.63) is 40.2 Å². The van der Waals surface area contributed by atoms with Crippen LogP contribution in [0.3, 0.4) is 0 Å². The number of ether oxygens (including phenoxy) is 2. The van der Waals surface area contributed by atoms with Gasteiger partial charge in [-0.1, -0.05) is 11.6 Å². The zero-order chi connectivity index (χ0) is 14.2. The number of benzene rings is 1. The van der Waals surface area contributed by atoms with Crippen molar-refractivity contribution in [1.29, 1.82) is 0 Å². The largest absolute Gasteiger partial charge is 0.419 e. The molecule has 100 valence electrons. The van der Waals surface area contributed by atoms with E-state index < -0.39 is 23.5 Å². The zero-order valence-corrected chi connectivity index (χ0v) is 11.0. The van der Waals surface area contributed by atoms with Crippen LogP contribution < -0.4 is 0 Å². The van der Waals surface area contributed by atoms with Gasteiger partial charge in [-0.25, -0.2) is 14.0 Å². The van der Waals surface area contributed by atoms with Crippen molar-refractivity contribution in [2.75, 3.05) is 0 Å². The van der Waals surface area contributed by atoms with Crippen LogP contribution in [0.5, 0.6) is 0 Å². The maximum atomic E-state index is 13.1. The van der Waals surface area contributed by atoms with Gasteiger partial charge in [0.15, 0.2) is 0 Å². The molecule has 0 aliphatic carbocycles. The predicted octanol–water partition coefficient (Wildman–Crippen LogP) is 2.70. The number of carbonyl (C=O) groups is 2. The molecule has 2 rings (SSSR count). The summed E-state index contributed by atoms with van der Waals surface area (Å²) in [5.41, 5.74) is -0.128. The van der Waals surface area contributed by atoms with E-state index in [1.165, 1.54) is 26.0 Å². The van der Waals surface area contributed by atoms with Crippen LogP contribution in [0.15, 0.2) is 23.8 Å². The molecule has 1 aliphatic heterocycles. The zero-order valence-electron chi connectivity index (χ0n) is 10.2. The highest BCUT2D eigenvalue weighted by molar-refractivity contribution is 6.32. The Labute approximate surface area is 113 Å². The summed E-state index contributed by atoms with van der Waals surface area (Å²) >= 11 is 5.85. The Kier molecular flexibility index (Phi) is 3.32. The molecule has 0 spiro atoms. The molecule has 0 bridgehead atoms. The van der Waals surface area contributed by atoms with Crippen LogP contribution >= 0.6 is 11.6 Å². The first-order valence-electron chi connectivity index (χ1n) is 5.42. The fourth-order valence-corrected chi connectivity index (χ4v) is 1.73. The lowest BCUT2D eigenvalue weighted by Gasteiger charge is -2.29. The number of carbonyl (C=O) groups excluding carboxylic acids is 2. The fourth-order valence-electron chi connectivity index (χ4n) is 1.56. The Bertz CT molecular complexity index is 570. The smallest absolute Gasteiger partial charge is 0.348 e. The van der Waals surface area contributed by atoms with Crippen LogP contribution in [-0.2, 0) is 19.1 Å². The molecule has 0 N–H and O–H groups in total. The summed E-state index contributed by atoms with van der Waals surface area (Å²) < 4.78 is 22.9. The lowest BCUT2D eigenvalue weighted by molar-refractivity contribution is -0.222. The Morgan fingerprint density at radius 3 is 2.37 bits per heavy atom. The van der Waals surface area contributed by atoms with Crippen molar-refractivity contribution in [3.63, 3.8) is 0 Å². The standard InChI is InChI=1S/C13H10ClFO4/c1-13(2)18-11(16)9(12(17)19-13)6-7-5-8(15)3-4-10(7)14/h3-6H,1-2H3. The third-order valence-electron chi connectivity index (χ3n) is 2.37. The van der Waals surface area contributed by atoms with Crippen LogP contribution in [0.4, 0.5) is 4.39 Å². The number of halogens is 2. The van der Waals surface area contributed by atoms with Gasteiger partial charge in [0.25, 0.3) is 5.79 Å². The third-order valence-corrected chi connectivity index (χ3v) is 2.72. The lowest BCUT2D eigenvalue weighted by Crippen LogP contribution is -2.41. The second-order valence-electron chi connectivity index (χ2n) is 4.40. The number of rotatable bonds is 1. The second kappa shape index (κ2) is 4.66. The van der Waals surface area contributed by atoms with E-state index in [-0.39, 0.29) is 16.2 Å². The summed E-state index contributed by atoms with van der Waals surface area (Å²) in [7, 11) is 0. The summed E-state index contributed by atoms with van der Waals surface area (Å²) in [6, 6.07) is 3.60. The van der Waals surface area contributed by atoms with Crippen LogP contribution in [0.25, 0.3) is 6.08 Å². The molecule has 1 heterocycles. The topological polar surface area (TPSA) is 52.6 Å². The van der Waals surface area contributed by atoms with E-state index in [9.17, 15) is 14.0 Å². The molecule has 1 saturated heterocycles. The van der Waals surface area contributed by atoms with Gasteiger partial charge < -0.3 is 9.47 Å². The van der Waals surface area contributed by atoms with Crippen LogP contribution in [-0.4, -0.2) is 17.7 Å². The van der Waals surface area contributed by atoms with E-state index in [1.54, 1.807) is 0 Å². The average Bonchev–Trinajstić information content (AvgIpc) is 2.26. The van der Waals surface area contributed by atoms with Crippen molar-refractivity contribution in [2.24, 2.45) is 0 Å². The van der Waals surface area contributed by atoms with Gasteiger partial charge >= 0.3 is 11.9 Å². The molecular formula is C13H10ClFO4. The van der Waals surface area contributed by atoms with E-state index in [0.29, 0.717) is 0 Å². The summed E-state index contributed by atoms with van der Waals surface area (Å²) in [6.45, 7) is 2.88. The normalized spacial score (nSPS) is 17.8. The van der Waals surface area contributed by atoms with E-state index in [4.69, 9.17) is 21.1 Å². The molecular weight excluding hydrogens is 275 g/mol. The Balaban J connectivity index is 2.41. The minimum absolute atomic E-state index is 0.199. The summed E-state index contributed by atoms with van der Waals surface area (Å²) in [5, 5.41) is 0.208. The van der Waals surface area contributed by atoms with Gasteiger partial charge in [-0.2, -0.15) is 0 Å². The Hall–Kier alpha value is -1.88. The molecule has 1 aromatic carbocycles. The molecule has 4 nitrogen and oxygen atoms in total. The highest BCUT2D eigenvalue weighted by Crippen LogP contribution is 2.26. The molecule has 0 amide bonds. The van der Waals surface area contributed by atoms with Crippen molar-refractivity contribution in [2.45, 2.75) is 19.6 Å². The highest BCUT2D eigenvalue weighted by Gasteiger charge is 2.38.